The first-order chi connectivity index (χ1) is 6.00. The number of rotatable bonds is 1. The van der Waals surface area contributed by atoms with E-state index in [1.807, 2.05) is 11.8 Å². The molecule has 0 N–H and O–H groups in total. The summed E-state index contributed by atoms with van der Waals surface area (Å²) in [5.74, 6) is 1.46. The number of piperidine rings is 1. The van der Waals surface area contributed by atoms with E-state index in [9.17, 15) is 4.79 Å². The smallest absolute Gasteiger partial charge is 0.235 e. The zero-order valence-corrected chi connectivity index (χ0v) is 9.55. The quantitative estimate of drug-likeness (QED) is 0.642. The van der Waals surface area contributed by atoms with Crippen molar-refractivity contribution in [1.29, 1.82) is 0 Å². The van der Waals surface area contributed by atoms with E-state index in [2.05, 4.69) is 26.5 Å². The minimum absolute atomic E-state index is 0.155. The van der Waals surface area contributed by atoms with E-state index in [0.717, 1.165) is 13.1 Å². The number of thiol groups is 1. The van der Waals surface area contributed by atoms with Gasteiger partial charge < -0.3 is 4.90 Å². The Hall–Kier alpha value is -0.180. The summed E-state index contributed by atoms with van der Waals surface area (Å²) in [4.78, 5) is 13.6. The van der Waals surface area contributed by atoms with Gasteiger partial charge in [-0.15, -0.1) is 0 Å². The van der Waals surface area contributed by atoms with Crippen LogP contribution in [0, 0.1) is 11.8 Å². The highest BCUT2D eigenvalue weighted by molar-refractivity contribution is 7.81. The molecule has 1 fully saturated rings. The molecule has 0 spiro atoms. The molecule has 1 heterocycles. The van der Waals surface area contributed by atoms with Crippen LogP contribution in [0.1, 0.15) is 27.2 Å². The summed E-state index contributed by atoms with van der Waals surface area (Å²) in [5.41, 5.74) is 0. The van der Waals surface area contributed by atoms with Crippen LogP contribution in [0.5, 0.6) is 0 Å². The SMILES string of the molecule is CC1CC(C)CN(C(=O)C(C)S)C1. The number of hydrogen-bond donors (Lipinski definition) is 1. The van der Waals surface area contributed by atoms with Crippen LogP contribution in [0.2, 0.25) is 0 Å². The Labute approximate surface area is 86.1 Å². The fourth-order valence-electron chi connectivity index (χ4n) is 2.11. The average molecular weight is 201 g/mol. The predicted molar refractivity (Wildman–Crippen MR) is 58.0 cm³/mol. The van der Waals surface area contributed by atoms with Crippen LogP contribution in [-0.2, 0) is 4.79 Å². The maximum Gasteiger partial charge on any atom is 0.235 e. The third-order valence-electron chi connectivity index (χ3n) is 2.54. The second-order valence-corrected chi connectivity index (χ2v) is 5.14. The maximum atomic E-state index is 11.6. The summed E-state index contributed by atoms with van der Waals surface area (Å²) in [6.07, 6.45) is 1.24. The first-order valence-electron chi connectivity index (χ1n) is 4.97. The van der Waals surface area contributed by atoms with Gasteiger partial charge in [0.25, 0.3) is 0 Å². The molecule has 1 saturated heterocycles. The molecule has 2 nitrogen and oxygen atoms in total. The predicted octanol–water partition coefficient (Wildman–Crippen LogP) is 1.81. The summed E-state index contributed by atoms with van der Waals surface area (Å²) in [6, 6.07) is 0. The standard InChI is InChI=1S/C10H19NOS/c1-7-4-8(2)6-11(5-7)10(12)9(3)13/h7-9,13H,4-6H2,1-3H3. The van der Waals surface area contributed by atoms with Gasteiger partial charge in [0.2, 0.25) is 5.91 Å². The fourth-order valence-corrected chi connectivity index (χ4v) is 2.27. The minimum atomic E-state index is -0.155. The largest absolute Gasteiger partial charge is 0.341 e. The summed E-state index contributed by atoms with van der Waals surface area (Å²) in [6.45, 7) is 8.08. The molecule has 1 amide bonds. The third kappa shape index (κ3) is 2.90. The molecule has 3 heteroatoms. The van der Waals surface area contributed by atoms with Crippen LogP contribution in [0.15, 0.2) is 0 Å². The Morgan fingerprint density at radius 3 is 2.23 bits per heavy atom. The zero-order chi connectivity index (χ0) is 10.0. The molecule has 0 bridgehead atoms. The summed E-state index contributed by atoms with van der Waals surface area (Å²) in [7, 11) is 0. The van der Waals surface area contributed by atoms with Crippen LogP contribution in [-0.4, -0.2) is 29.1 Å². The summed E-state index contributed by atoms with van der Waals surface area (Å²) < 4.78 is 0. The third-order valence-corrected chi connectivity index (χ3v) is 2.76. The lowest BCUT2D eigenvalue weighted by atomic mass is 9.92. The molecular formula is C10H19NOS. The topological polar surface area (TPSA) is 20.3 Å². The van der Waals surface area contributed by atoms with Gasteiger partial charge in [0.1, 0.15) is 0 Å². The number of hydrogen-bond acceptors (Lipinski definition) is 2. The number of carbonyl (C=O) groups excluding carboxylic acids is 1. The van der Waals surface area contributed by atoms with E-state index in [1.54, 1.807) is 0 Å². The van der Waals surface area contributed by atoms with Gasteiger partial charge in [-0.1, -0.05) is 13.8 Å². The first kappa shape index (κ1) is 10.9. The van der Waals surface area contributed by atoms with E-state index in [4.69, 9.17) is 0 Å². The van der Waals surface area contributed by atoms with Gasteiger partial charge in [-0.3, -0.25) is 4.79 Å². The number of carbonyl (C=O) groups is 1. The molecular weight excluding hydrogens is 182 g/mol. The maximum absolute atomic E-state index is 11.6. The van der Waals surface area contributed by atoms with Crippen LogP contribution >= 0.6 is 12.6 Å². The van der Waals surface area contributed by atoms with E-state index >= 15 is 0 Å². The highest BCUT2D eigenvalue weighted by Crippen LogP contribution is 2.21. The van der Waals surface area contributed by atoms with Gasteiger partial charge in [0.05, 0.1) is 5.25 Å². The van der Waals surface area contributed by atoms with Crippen molar-refractivity contribution in [3.05, 3.63) is 0 Å². The Bertz CT molecular complexity index is 183. The molecule has 1 rings (SSSR count). The van der Waals surface area contributed by atoms with E-state index in [-0.39, 0.29) is 11.2 Å². The van der Waals surface area contributed by atoms with Gasteiger partial charge in [0, 0.05) is 13.1 Å². The second-order valence-electron chi connectivity index (χ2n) is 4.37. The number of amides is 1. The van der Waals surface area contributed by atoms with Crippen molar-refractivity contribution < 1.29 is 4.79 Å². The lowest BCUT2D eigenvalue weighted by molar-refractivity contribution is -0.132. The molecule has 0 radical (unpaired) electrons. The Balaban J connectivity index is 2.55. The minimum Gasteiger partial charge on any atom is -0.341 e. The zero-order valence-electron chi connectivity index (χ0n) is 8.66. The van der Waals surface area contributed by atoms with Crippen molar-refractivity contribution in [2.75, 3.05) is 13.1 Å². The fraction of sp³-hybridized carbons (Fsp3) is 0.900. The van der Waals surface area contributed by atoms with Crippen molar-refractivity contribution >= 4 is 18.5 Å². The molecule has 0 aromatic rings. The molecule has 1 aliphatic heterocycles. The first-order valence-corrected chi connectivity index (χ1v) is 5.49. The molecule has 3 unspecified atom stereocenters. The van der Waals surface area contributed by atoms with Crippen molar-refractivity contribution in [2.45, 2.75) is 32.4 Å². The van der Waals surface area contributed by atoms with Crippen LogP contribution in [0.25, 0.3) is 0 Å². The second kappa shape index (κ2) is 4.36. The molecule has 0 aromatic heterocycles. The Morgan fingerprint density at radius 1 is 1.38 bits per heavy atom. The highest BCUT2D eigenvalue weighted by atomic mass is 32.1. The van der Waals surface area contributed by atoms with Crippen LogP contribution in [0.3, 0.4) is 0 Å². The van der Waals surface area contributed by atoms with E-state index in [0.29, 0.717) is 11.8 Å². The van der Waals surface area contributed by atoms with Crippen molar-refractivity contribution in [2.24, 2.45) is 11.8 Å². The highest BCUT2D eigenvalue weighted by Gasteiger charge is 2.26. The molecule has 3 atom stereocenters. The van der Waals surface area contributed by atoms with Gasteiger partial charge in [-0.05, 0) is 25.2 Å². The van der Waals surface area contributed by atoms with Gasteiger partial charge in [0.15, 0.2) is 0 Å². The van der Waals surface area contributed by atoms with Crippen LogP contribution in [0.4, 0.5) is 0 Å². The summed E-state index contributed by atoms with van der Waals surface area (Å²) >= 11 is 4.17. The molecule has 1 aliphatic rings. The van der Waals surface area contributed by atoms with Crippen molar-refractivity contribution in [1.82, 2.24) is 4.90 Å². The van der Waals surface area contributed by atoms with Gasteiger partial charge >= 0.3 is 0 Å². The average Bonchev–Trinajstić information content (AvgIpc) is 2.01. The van der Waals surface area contributed by atoms with Crippen LogP contribution < -0.4 is 0 Å². The summed E-state index contributed by atoms with van der Waals surface area (Å²) in [5, 5.41) is -0.155. The number of likely N-dealkylation sites (tertiary alicyclic amines) is 1. The Kier molecular flexibility index (Phi) is 3.65. The van der Waals surface area contributed by atoms with Gasteiger partial charge in [-0.25, -0.2) is 0 Å². The van der Waals surface area contributed by atoms with Gasteiger partial charge in [-0.2, -0.15) is 12.6 Å². The molecule has 0 aromatic carbocycles. The monoisotopic (exact) mass is 201 g/mol. The molecule has 0 aliphatic carbocycles. The normalized spacial score (nSPS) is 31.5. The molecule has 76 valence electrons. The lowest BCUT2D eigenvalue weighted by Gasteiger charge is -2.35. The lowest BCUT2D eigenvalue weighted by Crippen LogP contribution is -2.45. The van der Waals surface area contributed by atoms with E-state index in [1.165, 1.54) is 6.42 Å². The molecule has 0 saturated carbocycles. The van der Waals surface area contributed by atoms with Crippen molar-refractivity contribution in [3.63, 3.8) is 0 Å². The molecule has 13 heavy (non-hydrogen) atoms. The Morgan fingerprint density at radius 2 is 1.85 bits per heavy atom. The van der Waals surface area contributed by atoms with Crippen molar-refractivity contribution in [3.8, 4) is 0 Å². The number of nitrogens with zero attached hydrogens (tertiary/aromatic N) is 1. The van der Waals surface area contributed by atoms with E-state index < -0.39 is 0 Å².